The number of hydrogen-bond acceptors (Lipinski definition) is 2. The van der Waals surface area contributed by atoms with Crippen LogP contribution in [0.25, 0.3) is 0 Å². The Hall–Kier alpha value is -0.550. The molecule has 0 aromatic heterocycles. The molecule has 1 aliphatic carbocycles. The maximum atomic E-state index is 9.65. The maximum absolute atomic E-state index is 9.65. The van der Waals surface area contributed by atoms with E-state index in [4.69, 9.17) is 5.26 Å². The molecule has 0 radical (unpaired) electrons. The lowest BCUT2D eigenvalue weighted by atomic mass is 9.83. The summed E-state index contributed by atoms with van der Waals surface area (Å²) < 4.78 is 0. The standard InChI is InChI=1S/C11H19NO/c1-9(8-12)11(13)7-10-5-3-2-4-6-10/h9-11,13H,2-7H2,1H3. The Balaban J connectivity index is 2.26. The fourth-order valence-electron chi connectivity index (χ4n) is 2.05. The van der Waals surface area contributed by atoms with Crippen molar-refractivity contribution in [3.63, 3.8) is 0 Å². The van der Waals surface area contributed by atoms with E-state index in [1.165, 1.54) is 32.1 Å². The van der Waals surface area contributed by atoms with Gasteiger partial charge in [-0.15, -0.1) is 0 Å². The normalized spacial score (nSPS) is 23.5. The van der Waals surface area contributed by atoms with Gasteiger partial charge in [0.15, 0.2) is 0 Å². The SMILES string of the molecule is CC(C#N)C(O)CC1CCCCC1. The Morgan fingerprint density at radius 3 is 2.54 bits per heavy atom. The van der Waals surface area contributed by atoms with E-state index in [1.54, 1.807) is 6.92 Å². The molecule has 1 saturated carbocycles. The summed E-state index contributed by atoms with van der Waals surface area (Å²) in [6.45, 7) is 1.80. The first-order valence-corrected chi connectivity index (χ1v) is 5.31. The second-order valence-electron chi connectivity index (χ2n) is 4.22. The maximum Gasteiger partial charge on any atom is 0.0698 e. The zero-order valence-corrected chi connectivity index (χ0v) is 8.37. The third-order valence-electron chi connectivity index (χ3n) is 3.08. The summed E-state index contributed by atoms with van der Waals surface area (Å²) >= 11 is 0. The third-order valence-corrected chi connectivity index (χ3v) is 3.08. The molecule has 0 aliphatic heterocycles. The summed E-state index contributed by atoms with van der Waals surface area (Å²) in [5, 5.41) is 18.3. The van der Waals surface area contributed by atoms with Crippen molar-refractivity contribution < 1.29 is 5.11 Å². The number of aliphatic hydroxyl groups is 1. The minimum atomic E-state index is -0.409. The van der Waals surface area contributed by atoms with Crippen LogP contribution in [0.2, 0.25) is 0 Å². The van der Waals surface area contributed by atoms with Gasteiger partial charge in [0.05, 0.1) is 18.1 Å². The Kier molecular flexibility index (Phi) is 4.24. The van der Waals surface area contributed by atoms with Crippen LogP contribution >= 0.6 is 0 Å². The van der Waals surface area contributed by atoms with Crippen LogP contribution in [0.15, 0.2) is 0 Å². The smallest absolute Gasteiger partial charge is 0.0698 e. The molecule has 2 atom stereocenters. The molecule has 0 aromatic rings. The molecule has 1 rings (SSSR count). The first kappa shape index (κ1) is 10.5. The highest BCUT2D eigenvalue weighted by Gasteiger charge is 2.20. The monoisotopic (exact) mass is 181 g/mol. The van der Waals surface area contributed by atoms with Gasteiger partial charge in [-0.05, 0) is 19.3 Å². The molecule has 0 bridgehead atoms. The van der Waals surface area contributed by atoms with Crippen LogP contribution in [-0.4, -0.2) is 11.2 Å². The van der Waals surface area contributed by atoms with Crippen LogP contribution in [0.1, 0.15) is 45.4 Å². The largest absolute Gasteiger partial charge is 0.392 e. The zero-order valence-electron chi connectivity index (χ0n) is 8.37. The fraction of sp³-hybridized carbons (Fsp3) is 0.909. The van der Waals surface area contributed by atoms with Crippen molar-refractivity contribution in [1.82, 2.24) is 0 Å². The van der Waals surface area contributed by atoms with Crippen molar-refractivity contribution >= 4 is 0 Å². The molecule has 0 heterocycles. The van der Waals surface area contributed by atoms with Crippen LogP contribution < -0.4 is 0 Å². The first-order valence-electron chi connectivity index (χ1n) is 5.31. The van der Waals surface area contributed by atoms with Gasteiger partial charge in [0.25, 0.3) is 0 Å². The second kappa shape index (κ2) is 5.24. The molecule has 1 aliphatic rings. The van der Waals surface area contributed by atoms with Crippen molar-refractivity contribution in [2.24, 2.45) is 11.8 Å². The van der Waals surface area contributed by atoms with Gasteiger partial charge in [0.2, 0.25) is 0 Å². The molecule has 0 amide bonds. The van der Waals surface area contributed by atoms with E-state index < -0.39 is 6.10 Å². The molecule has 1 N–H and O–H groups in total. The van der Waals surface area contributed by atoms with Gasteiger partial charge in [0, 0.05) is 0 Å². The van der Waals surface area contributed by atoms with Crippen molar-refractivity contribution in [1.29, 1.82) is 5.26 Å². The van der Waals surface area contributed by atoms with E-state index in [1.807, 2.05) is 0 Å². The van der Waals surface area contributed by atoms with Crippen LogP contribution in [0, 0.1) is 23.2 Å². The Morgan fingerprint density at radius 2 is 2.00 bits per heavy atom. The highest BCUT2D eigenvalue weighted by atomic mass is 16.3. The first-order chi connectivity index (χ1) is 6.24. The Bertz CT molecular complexity index is 179. The summed E-state index contributed by atoms with van der Waals surface area (Å²) in [6.07, 6.45) is 6.86. The summed E-state index contributed by atoms with van der Waals surface area (Å²) in [4.78, 5) is 0. The van der Waals surface area contributed by atoms with Crippen molar-refractivity contribution in [2.45, 2.75) is 51.6 Å². The molecule has 0 spiro atoms. The van der Waals surface area contributed by atoms with Crippen LogP contribution in [0.4, 0.5) is 0 Å². The molecule has 2 unspecified atom stereocenters. The highest BCUT2D eigenvalue weighted by Crippen LogP contribution is 2.28. The van der Waals surface area contributed by atoms with Gasteiger partial charge < -0.3 is 5.11 Å². The van der Waals surface area contributed by atoms with E-state index in [0.717, 1.165) is 6.42 Å². The number of hydrogen-bond donors (Lipinski definition) is 1. The minimum absolute atomic E-state index is 0.207. The lowest BCUT2D eigenvalue weighted by Gasteiger charge is -2.24. The Labute approximate surface area is 80.6 Å². The summed E-state index contributed by atoms with van der Waals surface area (Å²) in [5.41, 5.74) is 0. The average Bonchev–Trinajstić information content (AvgIpc) is 2.18. The topological polar surface area (TPSA) is 44.0 Å². The lowest BCUT2D eigenvalue weighted by Crippen LogP contribution is -2.21. The fourth-order valence-corrected chi connectivity index (χ4v) is 2.05. The number of aliphatic hydroxyl groups excluding tert-OH is 1. The third kappa shape index (κ3) is 3.36. The molecular weight excluding hydrogens is 162 g/mol. The van der Waals surface area contributed by atoms with Gasteiger partial charge in [-0.2, -0.15) is 5.26 Å². The van der Waals surface area contributed by atoms with Crippen molar-refractivity contribution in [3.05, 3.63) is 0 Å². The van der Waals surface area contributed by atoms with Gasteiger partial charge in [-0.3, -0.25) is 0 Å². The molecule has 2 heteroatoms. The average molecular weight is 181 g/mol. The van der Waals surface area contributed by atoms with Gasteiger partial charge in [-0.25, -0.2) is 0 Å². The van der Waals surface area contributed by atoms with Gasteiger partial charge in [-0.1, -0.05) is 32.1 Å². The van der Waals surface area contributed by atoms with Crippen LogP contribution in [-0.2, 0) is 0 Å². The molecular formula is C11H19NO. The predicted octanol–water partition coefficient (Wildman–Crippen LogP) is 2.48. The minimum Gasteiger partial charge on any atom is -0.392 e. The molecule has 0 aromatic carbocycles. The highest BCUT2D eigenvalue weighted by molar-refractivity contribution is 4.86. The molecule has 13 heavy (non-hydrogen) atoms. The predicted molar refractivity (Wildman–Crippen MR) is 52.0 cm³/mol. The number of nitrogens with zero attached hydrogens (tertiary/aromatic N) is 1. The van der Waals surface area contributed by atoms with E-state index in [9.17, 15) is 5.11 Å². The second-order valence-corrected chi connectivity index (χ2v) is 4.22. The molecule has 74 valence electrons. The van der Waals surface area contributed by atoms with E-state index in [-0.39, 0.29) is 5.92 Å². The quantitative estimate of drug-likeness (QED) is 0.727. The van der Waals surface area contributed by atoms with Crippen molar-refractivity contribution in [3.8, 4) is 6.07 Å². The van der Waals surface area contributed by atoms with E-state index in [0.29, 0.717) is 5.92 Å². The zero-order chi connectivity index (χ0) is 9.68. The molecule has 1 fully saturated rings. The Morgan fingerprint density at radius 1 is 1.38 bits per heavy atom. The van der Waals surface area contributed by atoms with E-state index in [2.05, 4.69) is 6.07 Å². The van der Waals surface area contributed by atoms with Gasteiger partial charge in [0.1, 0.15) is 0 Å². The molecule has 2 nitrogen and oxygen atoms in total. The van der Waals surface area contributed by atoms with Crippen LogP contribution in [0.3, 0.4) is 0 Å². The summed E-state index contributed by atoms with van der Waals surface area (Å²) in [7, 11) is 0. The van der Waals surface area contributed by atoms with Crippen LogP contribution in [0.5, 0.6) is 0 Å². The van der Waals surface area contributed by atoms with Gasteiger partial charge >= 0.3 is 0 Å². The summed E-state index contributed by atoms with van der Waals surface area (Å²) in [5.74, 6) is 0.460. The number of nitriles is 1. The summed E-state index contributed by atoms with van der Waals surface area (Å²) in [6, 6.07) is 2.10. The number of rotatable bonds is 3. The van der Waals surface area contributed by atoms with E-state index >= 15 is 0 Å². The lowest BCUT2D eigenvalue weighted by molar-refractivity contribution is 0.101. The molecule has 0 saturated heterocycles. The van der Waals surface area contributed by atoms with Crippen molar-refractivity contribution in [2.75, 3.05) is 0 Å².